The highest BCUT2D eigenvalue weighted by atomic mass is 79.9. The number of fused-ring (bicyclic) bond motifs is 2. The van der Waals surface area contributed by atoms with Gasteiger partial charge in [0.25, 0.3) is 0 Å². The Balaban J connectivity index is 1.92. The zero-order valence-electron chi connectivity index (χ0n) is 11.1. The molecule has 3 nitrogen and oxygen atoms in total. The van der Waals surface area contributed by atoms with Crippen LogP contribution in [0.1, 0.15) is 17.8 Å². The molecular weight excluding hydrogens is 346 g/mol. The number of hydrogen-bond donors (Lipinski definition) is 1. The fraction of sp³-hybridized carbons (Fsp3) is 0.125. The lowest BCUT2D eigenvalue weighted by Crippen LogP contribution is -2.20. The molecule has 0 radical (unpaired) electrons. The van der Waals surface area contributed by atoms with Crippen molar-refractivity contribution in [1.29, 1.82) is 5.41 Å². The van der Waals surface area contributed by atoms with Gasteiger partial charge in [0.1, 0.15) is 16.1 Å². The maximum absolute atomic E-state index is 8.34. The molecule has 0 unspecified atom stereocenters. The molecule has 104 valence electrons. The first-order valence-corrected chi connectivity index (χ1v) is 8.39. The van der Waals surface area contributed by atoms with E-state index < -0.39 is 0 Å². The monoisotopic (exact) mass is 357 g/mol. The Morgan fingerprint density at radius 2 is 2.14 bits per heavy atom. The van der Waals surface area contributed by atoms with Crippen molar-refractivity contribution in [2.75, 3.05) is 0 Å². The van der Waals surface area contributed by atoms with Crippen LogP contribution >= 0.6 is 27.3 Å². The number of aromatic nitrogens is 2. The molecule has 21 heavy (non-hydrogen) atoms. The van der Waals surface area contributed by atoms with Crippen molar-refractivity contribution >= 4 is 49.1 Å². The third-order valence-corrected chi connectivity index (χ3v) is 5.29. The van der Waals surface area contributed by atoms with Gasteiger partial charge in [-0.25, -0.2) is 4.98 Å². The van der Waals surface area contributed by atoms with Crippen LogP contribution in [0.4, 0.5) is 0 Å². The van der Waals surface area contributed by atoms with Crippen molar-refractivity contribution in [3.8, 4) is 0 Å². The SMILES string of the molecule is N=c1c2ccsc2nc2n1CC/C2=C\c1ccccc1Br. The number of nitrogens with zero attached hydrogens (tertiary/aromatic N) is 2. The number of thiophene rings is 1. The maximum Gasteiger partial charge on any atom is 0.139 e. The summed E-state index contributed by atoms with van der Waals surface area (Å²) in [6.07, 6.45) is 3.10. The van der Waals surface area contributed by atoms with E-state index in [1.165, 1.54) is 5.57 Å². The molecule has 1 N–H and O–H groups in total. The Bertz CT molecular complexity index is 936. The van der Waals surface area contributed by atoms with Crippen LogP contribution in [-0.2, 0) is 6.54 Å². The second-order valence-electron chi connectivity index (χ2n) is 5.02. The average molecular weight is 358 g/mol. The fourth-order valence-corrected chi connectivity index (χ4v) is 3.86. The van der Waals surface area contributed by atoms with Crippen molar-refractivity contribution < 1.29 is 0 Å². The summed E-state index contributed by atoms with van der Waals surface area (Å²) in [5.41, 5.74) is 2.93. The molecule has 3 aromatic rings. The first-order chi connectivity index (χ1) is 10.2. The minimum absolute atomic E-state index is 0.576. The van der Waals surface area contributed by atoms with E-state index in [-0.39, 0.29) is 0 Å². The first-order valence-electron chi connectivity index (χ1n) is 6.72. The van der Waals surface area contributed by atoms with Gasteiger partial charge in [-0.1, -0.05) is 34.1 Å². The van der Waals surface area contributed by atoms with Crippen LogP contribution < -0.4 is 5.49 Å². The topological polar surface area (TPSA) is 41.7 Å². The molecule has 0 amide bonds. The second-order valence-corrected chi connectivity index (χ2v) is 6.77. The van der Waals surface area contributed by atoms with E-state index in [0.29, 0.717) is 5.49 Å². The summed E-state index contributed by atoms with van der Waals surface area (Å²) in [6.45, 7) is 0.837. The van der Waals surface area contributed by atoms with Crippen LogP contribution in [0.2, 0.25) is 0 Å². The van der Waals surface area contributed by atoms with Gasteiger partial charge in [0.15, 0.2) is 0 Å². The van der Waals surface area contributed by atoms with E-state index in [4.69, 9.17) is 10.4 Å². The van der Waals surface area contributed by atoms with Crippen molar-refractivity contribution in [2.24, 2.45) is 0 Å². The maximum atomic E-state index is 8.34. The van der Waals surface area contributed by atoms with Crippen molar-refractivity contribution in [3.63, 3.8) is 0 Å². The Morgan fingerprint density at radius 3 is 3.00 bits per heavy atom. The van der Waals surface area contributed by atoms with Gasteiger partial charge >= 0.3 is 0 Å². The number of halogens is 1. The van der Waals surface area contributed by atoms with Crippen molar-refractivity contribution in [1.82, 2.24) is 9.55 Å². The summed E-state index contributed by atoms with van der Waals surface area (Å²) in [5.74, 6) is 0.936. The standard InChI is InChI=1S/C16H12BrN3S/c17-13-4-2-1-3-10(13)9-11-5-7-20-14(18)12-6-8-21-16(12)19-15(11)20/h1-4,6,8-9,18H,5,7H2/b11-9+,18-14?. The van der Waals surface area contributed by atoms with Gasteiger partial charge in [-0.3, -0.25) is 5.41 Å². The summed E-state index contributed by atoms with van der Waals surface area (Å²) in [5, 5.41) is 11.3. The lowest BCUT2D eigenvalue weighted by atomic mass is 10.1. The molecule has 0 fully saturated rings. The van der Waals surface area contributed by atoms with Gasteiger partial charge in [-0.2, -0.15) is 0 Å². The molecule has 0 spiro atoms. The number of rotatable bonds is 1. The largest absolute Gasteiger partial charge is 0.310 e. The lowest BCUT2D eigenvalue weighted by Gasteiger charge is -2.05. The van der Waals surface area contributed by atoms with E-state index in [0.717, 1.165) is 39.0 Å². The zero-order valence-corrected chi connectivity index (χ0v) is 13.5. The predicted molar refractivity (Wildman–Crippen MR) is 90.1 cm³/mol. The number of allylic oxidation sites excluding steroid dienone is 1. The van der Waals surface area contributed by atoms with Crippen molar-refractivity contribution in [2.45, 2.75) is 13.0 Å². The van der Waals surface area contributed by atoms with Gasteiger partial charge in [0, 0.05) is 11.0 Å². The summed E-state index contributed by atoms with van der Waals surface area (Å²) in [4.78, 5) is 5.71. The van der Waals surface area contributed by atoms with E-state index >= 15 is 0 Å². The highest BCUT2D eigenvalue weighted by Gasteiger charge is 2.20. The minimum atomic E-state index is 0.576. The van der Waals surface area contributed by atoms with E-state index in [1.807, 2.05) is 34.2 Å². The molecule has 0 saturated carbocycles. The van der Waals surface area contributed by atoms with Crippen LogP contribution in [0, 0.1) is 5.41 Å². The van der Waals surface area contributed by atoms with E-state index in [9.17, 15) is 0 Å². The van der Waals surface area contributed by atoms with Crippen LogP contribution in [0.15, 0.2) is 40.2 Å². The van der Waals surface area contributed by atoms with Crippen molar-refractivity contribution in [3.05, 3.63) is 57.1 Å². The molecule has 3 heterocycles. The molecule has 5 heteroatoms. The molecule has 0 aliphatic carbocycles. The van der Waals surface area contributed by atoms with Crippen LogP contribution in [-0.4, -0.2) is 9.55 Å². The third kappa shape index (κ3) is 2.08. The molecule has 1 aliphatic rings. The Morgan fingerprint density at radius 1 is 1.29 bits per heavy atom. The van der Waals surface area contributed by atoms with Gasteiger partial charge in [0.05, 0.1) is 5.39 Å². The van der Waals surface area contributed by atoms with Gasteiger partial charge in [-0.05, 0) is 41.1 Å². The van der Waals surface area contributed by atoms with Crippen LogP contribution in [0.25, 0.3) is 21.9 Å². The second kappa shape index (κ2) is 4.93. The average Bonchev–Trinajstić information content (AvgIpc) is 3.10. The summed E-state index contributed by atoms with van der Waals surface area (Å²) >= 11 is 5.18. The van der Waals surface area contributed by atoms with Crippen LogP contribution in [0.3, 0.4) is 0 Å². The number of benzene rings is 1. The van der Waals surface area contributed by atoms with Gasteiger partial charge in [-0.15, -0.1) is 11.3 Å². The minimum Gasteiger partial charge on any atom is -0.310 e. The Hall–Kier alpha value is -1.72. The molecule has 0 atom stereocenters. The first kappa shape index (κ1) is 13.0. The highest BCUT2D eigenvalue weighted by Crippen LogP contribution is 2.30. The quantitative estimate of drug-likeness (QED) is 0.693. The lowest BCUT2D eigenvalue weighted by molar-refractivity contribution is 0.704. The van der Waals surface area contributed by atoms with Crippen LogP contribution in [0.5, 0.6) is 0 Å². The molecule has 1 aliphatic heterocycles. The third-order valence-electron chi connectivity index (χ3n) is 3.76. The fourth-order valence-electron chi connectivity index (χ4n) is 2.70. The highest BCUT2D eigenvalue weighted by molar-refractivity contribution is 9.10. The summed E-state index contributed by atoms with van der Waals surface area (Å²) < 4.78 is 3.09. The van der Waals surface area contributed by atoms with Gasteiger partial charge in [0.2, 0.25) is 0 Å². The molecule has 4 rings (SSSR count). The zero-order chi connectivity index (χ0) is 14.4. The number of nitrogens with one attached hydrogen (secondary N) is 1. The molecule has 0 bridgehead atoms. The Kier molecular flexibility index (Phi) is 3.05. The predicted octanol–water partition coefficient (Wildman–Crippen LogP) is 4.28. The summed E-state index contributed by atoms with van der Waals surface area (Å²) in [7, 11) is 0. The van der Waals surface area contributed by atoms with Gasteiger partial charge < -0.3 is 4.57 Å². The molecular formula is C16H12BrN3S. The van der Waals surface area contributed by atoms with E-state index in [2.05, 4.69) is 28.1 Å². The Labute approximate surface area is 134 Å². The number of hydrogen-bond acceptors (Lipinski definition) is 3. The summed E-state index contributed by atoms with van der Waals surface area (Å²) in [6, 6.07) is 10.2. The molecule has 1 aromatic carbocycles. The molecule has 0 saturated heterocycles. The van der Waals surface area contributed by atoms with E-state index in [1.54, 1.807) is 11.3 Å². The normalized spacial score (nSPS) is 15.8. The smallest absolute Gasteiger partial charge is 0.139 e. The molecule has 2 aromatic heterocycles.